The molecule has 3 aromatic rings. The molecular weight excluding hydrogens is 419 g/mol. The number of anilines is 1. The fraction of sp³-hybridized carbons (Fsp3) is 0.235. The number of rotatable bonds is 7. The lowest BCUT2D eigenvalue weighted by Gasteiger charge is -2.14. The van der Waals surface area contributed by atoms with Crippen LogP contribution >= 0.6 is 22.9 Å². The molecule has 11 heteroatoms. The average molecular weight is 432 g/mol. The van der Waals surface area contributed by atoms with Gasteiger partial charge in [-0.3, -0.25) is 4.79 Å². The molecule has 0 aliphatic rings. The van der Waals surface area contributed by atoms with Gasteiger partial charge in [-0.1, -0.05) is 16.8 Å². The fourth-order valence-corrected chi connectivity index (χ4v) is 2.99. The summed E-state index contributed by atoms with van der Waals surface area (Å²) in [6.07, 6.45) is -4.35. The van der Waals surface area contributed by atoms with Gasteiger partial charge in [-0.15, -0.1) is 0 Å². The van der Waals surface area contributed by atoms with Crippen LogP contribution in [-0.4, -0.2) is 28.8 Å². The van der Waals surface area contributed by atoms with Gasteiger partial charge in [0.2, 0.25) is 17.6 Å². The molecule has 0 aliphatic heterocycles. The van der Waals surface area contributed by atoms with E-state index in [2.05, 4.69) is 15.5 Å². The molecular formula is C17H13ClF3N3O3S. The number of alkyl halides is 3. The van der Waals surface area contributed by atoms with E-state index in [-0.39, 0.29) is 35.2 Å². The van der Waals surface area contributed by atoms with Crippen molar-refractivity contribution < 1.29 is 27.2 Å². The number of nitrogens with zero attached hydrogens (tertiary/aromatic N) is 2. The van der Waals surface area contributed by atoms with Crippen LogP contribution in [0.2, 0.25) is 5.02 Å². The Labute approximate surface area is 166 Å². The van der Waals surface area contributed by atoms with Crippen LogP contribution in [0.15, 0.2) is 39.5 Å². The molecule has 148 valence electrons. The minimum Gasteiger partial charge on any atom is -0.482 e. The predicted octanol–water partition coefficient (Wildman–Crippen LogP) is 4.96. The quantitative estimate of drug-likeness (QED) is 0.572. The van der Waals surface area contributed by atoms with Crippen molar-refractivity contribution in [1.29, 1.82) is 0 Å². The number of nitrogens with one attached hydrogen (secondary N) is 1. The number of carbonyl (C=O) groups excluding carboxylic acids is 1. The highest BCUT2D eigenvalue weighted by Crippen LogP contribution is 2.30. The summed E-state index contributed by atoms with van der Waals surface area (Å²) in [6, 6.07) is 5.78. The highest BCUT2D eigenvalue weighted by atomic mass is 35.5. The van der Waals surface area contributed by atoms with Crippen molar-refractivity contribution in [3.63, 3.8) is 0 Å². The second-order valence-electron chi connectivity index (χ2n) is 5.62. The summed E-state index contributed by atoms with van der Waals surface area (Å²) in [4.78, 5) is 16.4. The molecule has 0 spiro atoms. The molecule has 0 aliphatic carbocycles. The molecule has 6 nitrogen and oxygen atoms in total. The zero-order chi connectivity index (χ0) is 20.1. The van der Waals surface area contributed by atoms with Crippen LogP contribution < -0.4 is 10.1 Å². The summed E-state index contributed by atoms with van der Waals surface area (Å²) in [6.45, 7) is -1.48. The minimum absolute atomic E-state index is 0.0174. The molecule has 0 saturated carbocycles. The second-order valence-corrected chi connectivity index (χ2v) is 6.83. The smallest absolute Gasteiger partial charge is 0.422 e. The fourth-order valence-electron chi connectivity index (χ4n) is 2.18. The van der Waals surface area contributed by atoms with Gasteiger partial charge in [0.25, 0.3) is 0 Å². The Hall–Kier alpha value is -2.59. The number of halogens is 4. The lowest BCUT2D eigenvalue weighted by Crippen LogP contribution is -2.20. The third-order valence-electron chi connectivity index (χ3n) is 3.42. The van der Waals surface area contributed by atoms with E-state index in [1.54, 1.807) is 0 Å². The number of benzene rings is 1. The van der Waals surface area contributed by atoms with E-state index in [0.717, 1.165) is 5.56 Å². The van der Waals surface area contributed by atoms with E-state index >= 15 is 0 Å². The van der Waals surface area contributed by atoms with Crippen LogP contribution in [0, 0.1) is 0 Å². The van der Waals surface area contributed by atoms with Gasteiger partial charge in [-0.25, -0.2) is 0 Å². The summed E-state index contributed by atoms with van der Waals surface area (Å²) in [5.74, 6) is 0.104. The number of carbonyl (C=O) groups is 1. The molecule has 0 bridgehead atoms. The summed E-state index contributed by atoms with van der Waals surface area (Å²) in [7, 11) is 0. The van der Waals surface area contributed by atoms with Crippen LogP contribution in [0.25, 0.3) is 11.4 Å². The van der Waals surface area contributed by atoms with Crippen LogP contribution in [0.1, 0.15) is 12.3 Å². The van der Waals surface area contributed by atoms with Crippen LogP contribution in [0.3, 0.4) is 0 Å². The van der Waals surface area contributed by atoms with Crippen LogP contribution in [-0.2, 0) is 11.2 Å². The molecule has 1 N–H and O–H groups in total. The number of thiophene rings is 1. The van der Waals surface area contributed by atoms with Gasteiger partial charge in [0.05, 0.1) is 5.69 Å². The van der Waals surface area contributed by atoms with Crippen molar-refractivity contribution in [2.45, 2.75) is 19.0 Å². The summed E-state index contributed by atoms with van der Waals surface area (Å²) in [5.41, 5.74) is 0.862. The Morgan fingerprint density at radius 2 is 2.14 bits per heavy atom. The number of amides is 1. The van der Waals surface area contributed by atoms with E-state index < -0.39 is 18.7 Å². The summed E-state index contributed by atoms with van der Waals surface area (Å²) < 4.78 is 46.9. The van der Waals surface area contributed by atoms with E-state index in [9.17, 15) is 18.0 Å². The lowest BCUT2D eigenvalue weighted by molar-refractivity contribution is -0.153. The molecule has 2 heterocycles. The van der Waals surface area contributed by atoms with E-state index in [1.807, 2.05) is 16.8 Å². The SMILES string of the molecule is O=C(CCc1nc(-c2ccsc2)no1)Nc1cc(Cl)ccc1OCC(F)(F)F. The van der Waals surface area contributed by atoms with Crippen molar-refractivity contribution in [1.82, 2.24) is 10.1 Å². The van der Waals surface area contributed by atoms with Gasteiger partial charge in [0.15, 0.2) is 6.61 Å². The molecule has 1 aromatic carbocycles. The topological polar surface area (TPSA) is 77.2 Å². The largest absolute Gasteiger partial charge is 0.482 e. The number of aromatic nitrogens is 2. The Morgan fingerprint density at radius 3 is 2.86 bits per heavy atom. The second kappa shape index (κ2) is 8.61. The van der Waals surface area contributed by atoms with Gasteiger partial charge in [0.1, 0.15) is 5.75 Å². The molecule has 0 atom stereocenters. The first kappa shape index (κ1) is 20.2. The maximum atomic E-state index is 12.4. The molecule has 0 fully saturated rings. The third kappa shape index (κ3) is 5.70. The number of ether oxygens (including phenoxy) is 1. The van der Waals surface area contributed by atoms with Crippen molar-refractivity contribution in [3.8, 4) is 17.1 Å². The Morgan fingerprint density at radius 1 is 1.32 bits per heavy atom. The van der Waals surface area contributed by atoms with E-state index in [0.29, 0.717) is 5.82 Å². The van der Waals surface area contributed by atoms with Crippen molar-refractivity contribution in [3.05, 3.63) is 45.9 Å². The molecule has 28 heavy (non-hydrogen) atoms. The highest BCUT2D eigenvalue weighted by Gasteiger charge is 2.29. The molecule has 0 saturated heterocycles. The standard InChI is InChI=1S/C17H13ClF3N3O3S/c18-11-1-2-13(26-9-17(19,20)21)12(7-11)22-14(25)3-4-15-23-16(24-27-15)10-5-6-28-8-10/h1-2,5-8H,3-4,9H2,(H,22,25). The summed E-state index contributed by atoms with van der Waals surface area (Å²) >= 11 is 7.35. The van der Waals surface area contributed by atoms with E-state index in [1.165, 1.54) is 29.5 Å². The minimum atomic E-state index is -4.50. The van der Waals surface area contributed by atoms with Crippen molar-refractivity contribution in [2.75, 3.05) is 11.9 Å². The van der Waals surface area contributed by atoms with Gasteiger partial charge in [-0.05, 0) is 29.6 Å². The Bertz CT molecular complexity index is 945. The Kier molecular flexibility index (Phi) is 6.20. The molecule has 2 aromatic heterocycles. The highest BCUT2D eigenvalue weighted by molar-refractivity contribution is 7.08. The number of hydrogen-bond acceptors (Lipinski definition) is 6. The van der Waals surface area contributed by atoms with Crippen LogP contribution in [0.4, 0.5) is 18.9 Å². The number of aryl methyl sites for hydroxylation is 1. The third-order valence-corrected chi connectivity index (χ3v) is 4.34. The maximum absolute atomic E-state index is 12.4. The normalized spacial score (nSPS) is 11.4. The van der Waals surface area contributed by atoms with Gasteiger partial charge < -0.3 is 14.6 Å². The van der Waals surface area contributed by atoms with Gasteiger partial charge in [-0.2, -0.15) is 29.5 Å². The van der Waals surface area contributed by atoms with Gasteiger partial charge >= 0.3 is 6.18 Å². The first-order chi connectivity index (χ1) is 13.3. The molecule has 1 amide bonds. The van der Waals surface area contributed by atoms with E-state index in [4.69, 9.17) is 20.9 Å². The molecule has 3 rings (SSSR count). The van der Waals surface area contributed by atoms with Crippen LogP contribution in [0.5, 0.6) is 5.75 Å². The first-order valence-electron chi connectivity index (χ1n) is 7.94. The lowest BCUT2D eigenvalue weighted by atomic mass is 10.2. The zero-order valence-electron chi connectivity index (χ0n) is 14.1. The van der Waals surface area contributed by atoms with Crippen molar-refractivity contribution >= 4 is 34.5 Å². The monoisotopic (exact) mass is 431 g/mol. The van der Waals surface area contributed by atoms with Gasteiger partial charge in [0, 0.05) is 28.8 Å². The first-order valence-corrected chi connectivity index (χ1v) is 9.26. The molecule has 0 radical (unpaired) electrons. The van der Waals surface area contributed by atoms with Crippen molar-refractivity contribution in [2.24, 2.45) is 0 Å². The maximum Gasteiger partial charge on any atom is 0.422 e. The summed E-state index contributed by atoms with van der Waals surface area (Å²) in [5, 5.41) is 10.3. The zero-order valence-corrected chi connectivity index (χ0v) is 15.7. The predicted molar refractivity (Wildman–Crippen MR) is 97.6 cm³/mol. The Balaban J connectivity index is 1.59. The average Bonchev–Trinajstić information content (AvgIpc) is 3.30. The molecule has 0 unspecified atom stereocenters. The number of hydrogen-bond donors (Lipinski definition) is 1.